The first kappa shape index (κ1) is 20.1. The van der Waals surface area contributed by atoms with Gasteiger partial charge in [0.2, 0.25) is 0 Å². The summed E-state index contributed by atoms with van der Waals surface area (Å²) >= 11 is 1.30. The highest BCUT2D eigenvalue weighted by Gasteiger charge is 2.13. The summed E-state index contributed by atoms with van der Waals surface area (Å²) in [5.41, 5.74) is 2.38. The Hall–Kier alpha value is -3.63. The van der Waals surface area contributed by atoms with Crippen molar-refractivity contribution < 1.29 is 14.3 Å². The Labute approximate surface area is 173 Å². The van der Waals surface area contributed by atoms with Crippen molar-refractivity contribution >= 4 is 28.5 Å². The molecule has 0 spiro atoms. The van der Waals surface area contributed by atoms with Crippen molar-refractivity contribution in [2.75, 3.05) is 19.0 Å². The van der Waals surface area contributed by atoms with Crippen LogP contribution >= 0.6 is 11.3 Å². The summed E-state index contributed by atoms with van der Waals surface area (Å²) in [6.45, 7) is 2.54. The molecule has 0 fully saturated rings. The molecule has 0 saturated heterocycles. The quantitative estimate of drug-likeness (QED) is 0.452. The predicted octanol–water partition coefficient (Wildman–Crippen LogP) is 4.76. The SMILES string of the molecule is CCOc1ccc(-c2csc(NC(=O)/C(C#N)=C/c3ccc(OC)cc3)n2)cc1. The lowest BCUT2D eigenvalue weighted by Crippen LogP contribution is -2.13. The summed E-state index contributed by atoms with van der Waals surface area (Å²) in [6.07, 6.45) is 1.52. The van der Waals surface area contributed by atoms with Crippen LogP contribution in [-0.4, -0.2) is 24.6 Å². The van der Waals surface area contributed by atoms with Gasteiger partial charge in [0, 0.05) is 10.9 Å². The molecule has 0 aliphatic carbocycles. The number of thiazole rings is 1. The Bertz CT molecular complexity index is 1050. The molecule has 0 saturated carbocycles. The lowest BCUT2D eigenvalue weighted by atomic mass is 10.1. The second-order valence-electron chi connectivity index (χ2n) is 5.89. The van der Waals surface area contributed by atoms with Crippen molar-refractivity contribution in [1.82, 2.24) is 4.98 Å². The number of amides is 1. The van der Waals surface area contributed by atoms with Gasteiger partial charge in [-0.3, -0.25) is 10.1 Å². The molecule has 1 N–H and O–H groups in total. The molecular weight excluding hydrogens is 386 g/mol. The van der Waals surface area contributed by atoms with E-state index in [1.54, 1.807) is 31.4 Å². The maximum Gasteiger partial charge on any atom is 0.268 e. The van der Waals surface area contributed by atoms with Gasteiger partial charge < -0.3 is 9.47 Å². The lowest BCUT2D eigenvalue weighted by Gasteiger charge is -2.03. The van der Waals surface area contributed by atoms with E-state index in [1.165, 1.54) is 17.4 Å². The van der Waals surface area contributed by atoms with E-state index in [4.69, 9.17) is 9.47 Å². The molecule has 3 aromatic rings. The third-order valence-corrected chi connectivity index (χ3v) is 4.74. The number of carbonyl (C=O) groups excluding carboxylic acids is 1. The normalized spacial score (nSPS) is 10.9. The first-order valence-electron chi connectivity index (χ1n) is 8.89. The lowest BCUT2D eigenvalue weighted by molar-refractivity contribution is -0.112. The van der Waals surface area contributed by atoms with Crippen LogP contribution in [0.3, 0.4) is 0 Å². The molecule has 0 radical (unpaired) electrons. The molecule has 1 heterocycles. The van der Waals surface area contributed by atoms with Crippen molar-refractivity contribution in [3.05, 3.63) is 65.0 Å². The number of aromatic nitrogens is 1. The van der Waals surface area contributed by atoms with E-state index in [2.05, 4.69) is 10.3 Å². The molecule has 29 heavy (non-hydrogen) atoms. The van der Waals surface area contributed by atoms with Crippen molar-refractivity contribution in [3.8, 4) is 28.8 Å². The minimum atomic E-state index is -0.504. The van der Waals surface area contributed by atoms with Crippen LogP contribution in [0.5, 0.6) is 11.5 Å². The summed E-state index contributed by atoms with van der Waals surface area (Å²) in [5, 5.41) is 14.3. The monoisotopic (exact) mass is 405 g/mol. The summed E-state index contributed by atoms with van der Waals surface area (Å²) in [5.74, 6) is 0.993. The molecular formula is C22H19N3O3S. The van der Waals surface area contributed by atoms with Gasteiger partial charge in [0.25, 0.3) is 5.91 Å². The van der Waals surface area contributed by atoms with Crippen LogP contribution in [0.25, 0.3) is 17.3 Å². The first-order chi connectivity index (χ1) is 14.1. The third kappa shape index (κ3) is 5.21. The van der Waals surface area contributed by atoms with Crippen LogP contribution in [0, 0.1) is 11.3 Å². The summed E-state index contributed by atoms with van der Waals surface area (Å²) in [7, 11) is 1.58. The topological polar surface area (TPSA) is 84.2 Å². The molecule has 7 heteroatoms. The van der Waals surface area contributed by atoms with Crippen LogP contribution in [0.15, 0.2) is 59.5 Å². The molecule has 0 bridgehead atoms. The average Bonchev–Trinajstić information content (AvgIpc) is 3.21. The number of hydrogen-bond acceptors (Lipinski definition) is 6. The van der Waals surface area contributed by atoms with Gasteiger partial charge in [-0.25, -0.2) is 4.98 Å². The zero-order valence-electron chi connectivity index (χ0n) is 16.0. The van der Waals surface area contributed by atoms with Crippen molar-refractivity contribution in [3.63, 3.8) is 0 Å². The van der Waals surface area contributed by atoms with Gasteiger partial charge in [0.05, 0.1) is 19.4 Å². The highest BCUT2D eigenvalue weighted by Crippen LogP contribution is 2.27. The van der Waals surface area contributed by atoms with E-state index >= 15 is 0 Å². The van der Waals surface area contributed by atoms with Crippen LogP contribution in [0.2, 0.25) is 0 Å². The molecule has 0 aliphatic rings. The summed E-state index contributed by atoms with van der Waals surface area (Å²) in [6, 6.07) is 16.6. The van der Waals surface area contributed by atoms with Crippen molar-refractivity contribution in [1.29, 1.82) is 5.26 Å². The highest BCUT2D eigenvalue weighted by atomic mass is 32.1. The van der Waals surface area contributed by atoms with E-state index in [1.807, 2.05) is 42.6 Å². The van der Waals surface area contributed by atoms with Gasteiger partial charge in [-0.05, 0) is 55.0 Å². The molecule has 6 nitrogen and oxygen atoms in total. The predicted molar refractivity (Wildman–Crippen MR) is 114 cm³/mol. The smallest absolute Gasteiger partial charge is 0.268 e. The first-order valence-corrected chi connectivity index (χ1v) is 9.77. The highest BCUT2D eigenvalue weighted by molar-refractivity contribution is 7.14. The summed E-state index contributed by atoms with van der Waals surface area (Å²) in [4.78, 5) is 16.9. The zero-order chi connectivity index (χ0) is 20.6. The number of methoxy groups -OCH3 is 1. The summed E-state index contributed by atoms with van der Waals surface area (Å²) < 4.78 is 10.5. The Kier molecular flexibility index (Phi) is 6.61. The van der Waals surface area contributed by atoms with Gasteiger partial charge in [-0.2, -0.15) is 5.26 Å². The number of anilines is 1. The van der Waals surface area contributed by atoms with Crippen LogP contribution < -0.4 is 14.8 Å². The molecule has 0 aliphatic heterocycles. The number of hydrogen-bond donors (Lipinski definition) is 1. The molecule has 3 rings (SSSR count). The average molecular weight is 405 g/mol. The van der Waals surface area contributed by atoms with Crippen molar-refractivity contribution in [2.24, 2.45) is 0 Å². The van der Waals surface area contributed by atoms with Crippen LogP contribution in [0.4, 0.5) is 5.13 Å². The molecule has 0 unspecified atom stereocenters. The van der Waals surface area contributed by atoms with Crippen LogP contribution in [-0.2, 0) is 4.79 Å². The minimum absolute atomic E-state index is 0.00650. The Balaban J connectivity index is 1.71. The maximum absolute atomic E-state index is 12.5. The van der Waals surface area contributed by atoms with Gasteiger partial charge in [-0.15, -0.1) is 11.3 Å². The number of rotatable bonds is 7. The fourth-order valence-electron chi connectivity index (χ4n) is 2.53. The van der Waals surface area contributed by atoms with E-state index in [0.717, 1.165) is 22.6 Å². The Morgan fingerprint density at radius 2 is 1.86 bits per heavy atom. The Morgan fingerprint density at radius 3 is 2.48 bits per heavy atom. The number of nitriles is 1. The second-order valence-corrected chi connectivity index (χ2v) is 6.75. The van der Waals surface area contributed by atoms with E-state index in [9.17, 15) is 10.1 Å². The minimum Gasteiger partial charge on any atom is -0.497 e. The molecule has 146 valence electrons. The van der Waals surface area contributed by atoms with Crippen LogP contribution in [0.1, 0.15) is 12.5 Å². The van der Waals surface area contributed by atoms with Gasteiger partial charge in [0.1, 0.15) is 23.1 Å². The van der Waals surface area contributed by atoms with Gasteiger partial charge in [-0.1, -0.05) is 12.1 Å². The largest absolute Gasteiger partial charge is 0.497 e. The fourth-order valence-corrected chi connectivity index (χ4v) is 3.25. The number of ether oxygens (including phenoxy) is 2. The number of nitrogens with zero attached hydrogens (tertiary/aromatic N) is 2. The number of carbonyl (C=O) groups is 1. The third-order valence-electron chi connectivity index (χ3n) is 3.98. The molecule has 2 aromatic carbocycles. The maximum atomic E-state index is 12.5. The van der Waals surface area contributed by atoms with E-state index < -0.39 is 5.91 Å². The molecule has 0 atom stereocenters. The van der Waals surface area contributed by atoms with Crippen molar-refractivity contribution in [2.45, 2.75) is 6.92 Å². The molecule has 1 amide bonds. The Morgan fingerprint density at radius 1 is 1.17 bits per heavy atom. The van der Waals surface area contributed by atoms with Gasteiger partial charge >= 0.3 is 0 Å². The number of nitrogens with one attached hydrogen (secondary N) is 1. The number of benzene rings is 2. The van der Waals surface area contributed by atoms with E-state index in [0.29, 0.717) is 17.5 Å². The standard InChI is InChI=1S/C22H19N3O3S/c1-3-28-19-10-6-16(7-11-19)20-14-29-22(24-20)25-21(26)17(13-23)12-15-4-8-18(27-2)9-5-15/h4-12,14H,3H2,1-2H3,(H,24,25,26)/b17-12+. The van der Waals surface area contributed by atoms with Gasteiger partial charge in [0.15, 0.2) is 5.13 Å². The van der Waals surface area contributed by atoms with E-state index in [-0.39, 0.29) is 5.57 Å². The molecule has 1 aromatic heterocycles. The zero-order valence-corrected chi connectivity index (χ0v) is 16.8. The second kappa shape index (κ2) is 9.53. The fraction of sp³-hybridized carbons (Fsp3) is 0.136.